The largest absolute Gasteiger partial charge is 0.481 e. The molecule has 0 heterocycles. The second-order valence-electron chi connectivity index (χ2n) is 5.62. The Kier molecular flexibility index (Phi) is 5.98. The molecule has 1 saturated carbocycles. The van der Waals surface area contributed by atoms with Gasteiger partial charge < -0.3 is 15.2 Å². The molecule has 1 rings (SSSR count). The summed E-state index contributed by atoms with van der Waals surface area (Å²) in [5.41, 5.74) is -0.468. The summed E-state index contributed by atoms with van der Waals surface area (Å²) >= 11 is 0. The second kappa shape index (κ2) is 7.26. The van der Waals surface area contributed by atoms with Crippen LogP contribution in [0.15, 0.2) is 0 Å². The highest BCUT2D eigenvalue weighted by Gasteiger charge is 2.36. The van der Waals surface area contributed by atoms with Gasteiger partial charge in [-0.1, -0.05) is 19.3 Å². The van der Waals surface area contributed by atoms with Gasteiger partial charge in [-0.15, -0.1) is 0 Å². The highest BCUT2D eigenvalue weighted by Crippen LogP contribution is 2.42. The van der Waals surface area contributed by atoms with Gasteiger partial charge >= 0.3 is 11.9 Å². The molecule has 2 N–H and O–H groups in total. The van der Waals surface area contributed by atoms with Gasteiger partial charge in [0.05, 0.1) is 13.5 Å². The van der Waals surface area contributed by atoms with Crippen LogP contribution < -0.4 is 5.32 Å². The number of carboxylic acids is 1. The lowest BCUT2D eigenvalue weighted by atomic mass is 9.69. The van der Waals surface area contributed by atoms with Crippen molar-refractivity contribution in [1.29, 1.82) is 0 Å². The molecule has 1 amide bonds. The molecular formula is C14H23NO5. The Hall–Kier alpha value is -1.59. The average Bonchev–Trinajstić information content (AvgIpc) is 2.37. The minimum atomic E-state index is -0.874. The van der Waals surface area contributed by atoms with Crippen molar-refractivity contribution < 1.29 is 24.2 Å². The minimum Gasteiger partial charge on any atom is -0.481 e. The van der Waals surface area contributed by atoms with Crippen LogP contribution in [0.1, 0.15) is 51.9 Å². The zero-order chi connectivity index (χ0) is 15.2. The van der Waals surface area contributed by atoms with E-state index >= 15 is 0 Å². The third-order valence-corrected chi connectivity index (χ3v) is 3.91. The molecule has 6 heteroatoms. The number of carbonyl (C=O) groups excluding carboxylic acids is 2. The molecule has 0 spiro atoms. The number of hydrogen-bond donors (Lipinski definition) is 2. The summed E-state index contributed by atoms with van der Waals surface area (Å²) in [5, 5.41) is 11.6. The molecule has 0 bridgehead atoms. The van der Waals surface area contributed by atoms with Crippen LogP contribution in [0.4, 0.5) is 0 Å². The van der Waals surface area contributed by atoms with Crippen LogP contribution >= 0.6 is 0 Å². The summed E-state index contributed by atoms with van der Waals surface area (Å²) in [5.74, 6) is -1.67. The van der Waals surface area contributed by atoms with Gasteiger partial charge in [0, 0.05) is 6.42 Å². The van der Waals surface area contributed by atoms with E-state index in [1.165, 1.54) is 7.11 Å². The van der Waals surface area contributed by atoms with E-state index in [4.69, 9.17) is 5.11 Å². The fourth-order valence-corrected chi connectivity index (χ4v) is 2.91. The Labute approximate surface area is 118 Å². The zero-order valence-electron chi connectivity index (χ0n) is 12.1. The van der Waals surface area contributed by atoms with E-state index in [1.807, 2.05) is 0 Å². The molecule has 6 nitrogen and oxygen atoms in total. The molecule has 20 heavy (non-hydrogen) atoms. The first-order valence-corrected chi connectivity index (χ1v) is 6.97. The third kappa shape index (κ3) is 4.83. The molecule has 0 radical (unpaired) electrons. The predicted molar refractivity (Wildman–Crippen MR) is 72.0 cm³/mol. The number of rotatable bonds is 6. The van der Waals surface area contributed by atoms with Crippen LogP contribution in [-0.2, 0) is 19.1 Å². The average molecular weight is 285 g/mol. The van der Waals surface area contributed by atoms with Gasteiger partial charge in [0.15, 0.2) is 0 Å². The van der Waals surface area contributed by atoms with Crippen molar-refractivity contribution in [3.8, 4) is 0 Å². The van der Waals surface area contributed by atoms with Gasteiger partial charge in [-0.05, 0) is 25.2 Å². The van der Waals surface area contributed by atoms with Crippen LogP contribution in [0.5, 0.6) is 0 Å². The molecule has 0 aromatic carbocycles. The maximum atomic E-state index is 12.0. The highest BCUT2D eigenvalue weighted by molar-refractivity contribution is 5.84. The summed E-state index contributed by atoms with van der Waals surface area (Å²) < 4.78 is 4.54. The summed E-state index contributed by atoms with van der Waals surface area (Å²) in [7, 11) is 1.26. The van der Waals surface area contributed by atoms with Crippen molar-refractivity contribution in [2.45, 2.75) is 57.9 Å². The normalized spacial score (nSPS) is 18.9. The van der Waals surface area contributed by atoms with Gasteiger partial charge in [0.1, 0.15) is 6.04 Å². The Bertz CT molecular complexity index is 374. The number of hydrogen-bond acceptors (Lipinski definition) is 4. The van der Waals surface area contributed by atoms with Crippen LogP contribution in [-0.4, -0.2) is 36.1 Å². The first kappa shape index (κ1) is 16.5. The molecule has 0 aliphatic heterocycles. The smallest absolute Gasteiger partial charge is 0.328 e. The van der Waals surface area contributed by atoms with Gasteiger partial charge in [-0.2, -0.15) is 0 Å². The lowest BCUT2D eigenvalue weighted by Crippen LogP contribution is -2.42. The molecule has 1 atom stereocenters. The lowest BCUT2D eigenvalue weighted by molar-refractivity contribution is -0.146. The summed E-state index contributed by atoms with van der Waals surface area (Å²) in [4.78, 5) is 34.3. The van der Waals surface area contributed by atoms with Crippen LogP contribution in [0.2, 0.25) is 0 Å². The van der Waals surface area contributed by atoms with Crippen molar-refractivity contribution in [2.24, 2.45) is 5.41 Å². The van der Waals surface area contributed by atoms with Crippen molar-refractivity contribution >= 4 is 17.8 Å². The van der Waals surface area contributed by atoms with Gasteiger partial charge in [0.2, 0.25) is 5.91 Å². The van der Waals surface area contributed by atoms with Crippen molar-refractivity contribution in [3.63, 3.8) is 0 Å². The number of aliphatic carboxylic acids is 1. The molecule has 0 saturated heterocycles. The first-order chi connectivity index (χ1) is 9.38. The number of amides is 1. The Morgan fingerprint density at radius 2 is 1.80 bits per heavy atom. The number of carboxylic acid groups (broad SMARTS) is 1. The molecule has 1 aliphatic carbocycles. The Morgan fingerprint density at radius 3 is 2.30 bits per heavy atom. The molecule has 0 aromatic heterocycles. The van der Waals surface area contributed by atoms with Gasteiger partial charge in [-0.3, -0.25) is 9.59 Å². The Morgan fingerprint density at radius 1 is 1.20 bits per heavy atom. The maximum absolute atomic E-state index is 12.0. The summed E-state index contributed by atoms with van der Waals surface area (Å²) in [6.45, 7) is 1.55. The zero-order valence-corrected chi connectivity index (χ0v) is 12.1. The van der Waals surface area contributed by atoms with Gasteiger partial charge in [0.25, 0.3) is 0 Å². The molecule has 114 valence electrons. The molecular weight excluding hydrogens is 262 g/mol. The van der Waals surface area contributed by atoms with E-state index in [1.54, 1.807) is 6.92 Å². The number of ether oxygens (including phenoxy) is 1. The first-order valence-electron chi connectivity index (χ1n) is 6.97. The van der Waals surface area contributed by atoms with E-state index in [-0.39, 0.29) is 18.7 Å². The summed E-state index contributed by atoms with van der Waals surface area (Å²) in [6.07, 6.45) is 4.65. The second-order valence-corrected chi connectivity index (χ2v) is 5.62. The number of carbonyl (C=O) groups is 3. The monoisotopic (exact) mass is 285 g/mol. The minimum absolute atomic E-state index is 0.00697. The van der Waals surface area contributed by atoms with E-state index in [2.05, 4.69) is 10.1 Å². The standard InChI is InChI=1S/C14H23NO5/c1-10(13(19)20-2)15-11(16)8-14(9-12(17)18)6-4-3-5-7-14/h10H,3-9H2,1-2H3,(H,15,16)(H,17,18). The SMILES string of the molecule is COC(=O)C(C)NC(=O)CC1(CC(=O)O)CCCCC1. The Balaban J connectivity index is 2.62. The fraction of sp³-hybridized carbons (Fsp3) is 0.786. The molecule has 1 fully saturated rings. The number of nitrogens with one attached hydrogen (secondary N) is 1. The van der Waals surface area contributed by atoms with Crippen LogP contribution in [0, 0.1) is 5.41 Å². The number of esters is 1. The fourth-order valence-electron chi connectivity index (χ4n) is 2.91. The quantitative estimate of drug-likeness (QED) is 0.721. The van der Waals surface area contributed by atoms with E-state index < -0.39 is 23.4 Å². The lowest BCUT2D eigenvalue weighted by Gasteiger charge is -2.35. The number of methoxy groups -OCH3 is 1. The van der Waals surface area contributed by atoms with Crippen molar-refractivity contribution in [2.75, 3.05) is 7.11 Å². The van der Waals surface area contributed by atoms with E-state index in [0.717, 1.165) is 32.1 Å². The molecule has 0 aromatic rings. The predicted octanol–water partition coefficient (Wildman–Crippen LogP) is 1.48. The third-order valence-electron chi connectivity index (χ3n) is 3.91. The van der Waals surface area contributed by atoms with E-state index in [0.29, 0.717) is 0 Å². The topological polar surface area (TPSA) is 92.7 Å². The van der Waals surface area contributed by atoms with Crippen LogP contribution in [0.25, 0.3) is 0 Å². The van der Waals surface area contributed by atoms with Crippen molar-refractivity contribution in [1.82, 2.24) is 5.32 Å². The van der Waals surface area contributed by atoms with Crippen molar-refractivity contribution in [3.05, 3.63) is 0 Å². The molecule has 1 unspecified atom stereocenters. The van der Waals surface area contributed by atoms with E-state index in [9.17, 15) is 14.4 Å². The maximum Gasteiger partial charge on any atom is 0.328 e. The van der Waals surface area contributed by atoms with Gasteiger partial charge in [-0.25, -0.2) is 4.79 Å². The molecule has 1 aliphatic rings. The highest BCUT2D eigenvalue weighted by atomic mass is 16.5. The summed E-state index contributed by atoms with van der Waals surface area (Å²) in [6, 6.07) is -0.710. The van der Waals surface area contributed by atoms with Crippen LogP contribution in [0.3, 0.4) is 0 Å².